The van der Waals surface area contributed by atoms with Gasteiger partial charge in [0.25, 0.3) is 5.91 Å². The summed E-state index contributed by atoms with van der Waals surface area (Å²) in [6, 6.07) is 5.86. The van der Waals surface area contributed by atoms with Gasteiger partial charge in [-0.25, -0.2) is 9.78 Å². The zero-order valence-electron chi connectivity index (χ0n) is 16.8. The number of amides is 1. The van der Waals surface area contributed by atoms with Crippen LogP contribution in [0.15, 0.2) is 36.8 Å². The first-order valence-electron chi connectivity index (χ1n) is 9.70. The number of aromatic nitrogens is 2. The maximum Gasteiger partial charge on any atom is 0.336 e. The lowest BCUT2D eigenvalue weighted by Crippen LogP contribution is -2.17. The van der Waals surface area contributed by atoms with Crippen molar-refractivity contribution in [1.82, 2.24) is 9.55 Å². The number of ether oxygens (including phenoxy) is 1. The summed E-state index contributed by atoms with van der Waals surface area (Å²) in [6.07, 6.45) is 8.54. The molecule has 2 N–H and O–H groups in total. The summed E-state index contributed by atoms with van der Waals surface area (Å²) in [5.74, 6) is -1.74. The molecule has 0 bridgehead atoms. The van der Waals surface area contributed by atoms with Gasteiger partial charge in [0.05, 0.1) is 31.0 Å². The fourth-order valence-corrected chi connectivity index (χ4v) is 3.09. The molecule has 8 heteroatoms. The predicted molar refractivity (Wildman–Crippen MR) is 108 cm³/mol. The third kappa shape index (κ3) is 6.44. The predicted octanol–water partition coefficient (Wildman–Crippen LogP) is 3.91. The zero-order chi connectivity index (χ0) is 21.2. The SMILES string of the molecule is CCCCCCC(CC(=O)OC)n1cnc(NC(=O)c2ccccc2C(=O)O)c1. The van der Waals surface area contributed by atoms with E-state index in [-0.39, 0.29) is 29.6 Å². The van der Waals surface area contributed by atoms with Crippen LogP contribution in [0.4, 0.5) is 5.82 Å². The molecule has 2 aromatic rings. The average Bonchev–Trinajstić information content (AvgIpc) is 3.18. The van der Waals surface area contributed by atoms with Crippen molar-refractivity contribution in [2.45, 2.75) is 51.5 Å². The number of aromatic carboxylic acids is 1. The smallest absolute Gasteiger partial charge is 0.336 e. The Bertz CT molecular complexity index is 846. The second kappa shape index (κ2) is 11.0. The van der Waals surface area contributed by atoms with Crippen LogP contribution in [0.5, 0.6) is 0 Å². The van der Waals surface area contributed by atoms with E-state index >= 15 is 0 Å². The highest BCUT2D eigenvalue weighted by molar-refractivity contribution is 6.10. The van der Waals surface area contributed by atoms with Crippen molar-refractivity contribution in [3.05, 3.63) is 47.9 Å². The Balaban J connectivity index is 2.11. The largest absolute Gasteiger partial charge is 0.478 e. The van der Waals surface area contributed by atoms with E-state index in [0.717, 1.165) is 32.1 Å². The first kappa shape index (κ1) is 22.1. The molecule has 1 atom stereocenters. The Morgan fingerprint density at radius 2 is 1.90 bits per heavy atom. The molecular weight excluding hydrogens is 374 g/mol. The molecule has 0 radical (unpaired) electrons. The lowest BCUT2D eigenvalue weighted by atomic mass is 10.0. The van der Waals surface area contributed by atoms with E-state index in [1.165, 1.54) is 19.2 Å². The Kier molecular flexibility index (Phi) is 8.39. The summed E-state index contributed by atoms with van der Waals surface area (Å²) in [4.78, 5) is 39.8. The summed E-state index contributed by atoms with van der Waals surface area (Å²) in [5.41, 5.74) is -0.0239. The van der Waals surface area contributed by atoms with Gasteiger partial charge in [-0.1, -0.05) is 44.7 Å². The van der Waals surface area contributed by atoms with Crippen molar-refractivity contribution in [3.8, 4) is 0 Å². The molecule has 8 nitrogen and oxygen atoms in total. The molecule has 0 saturated carbocycles. The molecule has 0 aliphatic rings. The van der Waals surface area contributed by atoms with Crippen molar-refractivity contribution in [3.63, 3.8) is 0 Å². The number of hydrogen-bond donors (Lipinski definition) is 2. The number of anilines is 1. The lowest BCUT2D eigenvalue weighted by molar-refractivity contribution is -0.141. The summed E-state index contributed by atoms with van der Waals surface area (Å²) in [6.45, 7) is 2.14. The van der Waals surface area contributed by atoms with Gasteiger partial charge in [-0.15, -0.1) is 0 Å². The van der Waals surface area contributed by atoms with E-state index in [0.29, 0.717) is 5.82 Å². The maximum absolute atomic E-state index is 12.5. The molecule has 0 fully saturated rings. The number of unbranched alkanes of at least 4 members (excludes halogenated alkanes) is 3. The molecular formula is C21H27N3O5. The third-order valence-corrected chi connectivity index (χ3v) is 4.69. The molecule has 29 heavy (non-hydrogen) atoms. The van der Waals surface area contributed by atoms with Crippen molar-refractivity contribution in [2.75, 3.05) is 12.4 Å². The number of carboxylic acid groups (broad SMARTS) is 1. The van der Waals surface area contributed by atoms with Crippen LogP contribution in [0.2, 0.25) is 0 Å². The monoisotopic (exact) mass is 401 g/mol. The van der Waals surface area contributed by atoms with E-state index in [2.05, 4.69) is 17.2 Å². The van der Waals surface area contributed by atoms with E-state index in [1.807, 2.05) is 0 Å². The molecule has 0 spiro atoms. The second-order valence-electron chi connectivity index (χ2n) is 6.79. The van der Waals surface area contributed by atoms with Gasteiger partial charge in [0, 0.05) is 12.2 Å². The van der Waals surface area contributed by atoms with E-state index < -0.39 is 11.9 Å². The quantitative estimate of drug-likeness (QED) is 0.436. The molecule has 0 aliphatic heterocycles. The summed E-state index contributed by atoms with van der Waals surface area (Å²) in [5, 5.41) is 11.9. The van der Waals surface area contributed by atoms with Crippen LogP contribution in [-0.2, 0) is 9.53 Å². The minimum Gasteiger partial charge on any atom is -0.478 e. The van der Waals surface area contributed by atoms with Crippen LogP contribution < -0.4 is 5.32 Å². The normalized spacial score (nSPS) is 11.7. The van der Waals surface area contributed by atoms with Crippen molar-refractivity contribution in [2.24, 2.45) is 0 Å². The third-order valence-electron chi connectivity index (χ3n) is 4.69. The second-order valence-corrected chi connectivity index (χ2v) is 6.79. The van der Waals surface area contributed by atoms with Gasteiger partial charge in [0.15, 0.2) is 5.82 Å². The highest BCUT2D eigenvalue weighted by atomic mass is 16.5. The number of carbonyl (C=O) groups is 3. The van der Waals surface area contributed by atoms with Gasteiger partial charge in [0.1, 0.15) is 0 Å². The van der Waals surface area contributed by atoms with Gasteiger partial charge in [0.2, 0.25) is 0 Å². The number of benzene rings is 1. The van der Waals surface area contributed by atoms with E-state index in [9.17, 15) is 19.5 Å². The Morgan fingerprint density at radius 3 is 2.55 bits per heavy atom. The van der Waals surface area contributed by atoms with Crippen LogP contribution in [-0.4, -0.2) is 39.6 Å². The fourth-order valence-electron chi connectivity index (χ4n) is 3.09. The number of esters is 1. The van der Waals surface area contributed by atoms with Crippen LogP contribution in [0.1, 0.15) is 72.2 Å². The van der Waals surface area contributed by atoms with Crippen LogP contribution in [0.3, 0.4) is 0 Å². The number of nitrogens with one attached hydrogen (secondary N) is 1. The number of hydrogen-bond acceptors (Lipinski definition) is 5. The first-order chi connectivity index (χ1) is 14.0. The van der Waals surface area contributed by atoms with Gasteiger partial charge in [-0.3, -0.25) is 9.59 Å². The Hall–Kier alpha value is -3.16. The van der Waals surface area contributed by atoms with E-state index in [4.69, 9.17) is 4.74 Å². The van der Waals surface area contributed by atoms with Gasteiger partial charge in [-0.2, -0.15) is 0 Å². The van der Waals surface area contributed by atoms with Gasteiger partial charge < -0.3 is 19.7 Å². The first-order valence-corrected chi connectivity index (χ1v) is 9.70. The standard InChI is InChI=1S/C21H27N3O5/c1-3-4-5-6-9-15(12-19(25)29-2)24-13-18(22-14-24)23-20(26)16-10-7-8-11-17(16)21(27)28/h7-8,10-11,13-15H,3-6,9,12H2,1-2H3,(H,23,26)(H,27,28). The van der Waals surface area contributed by atoms with Crippen molar-refractivity contribution in [1.29, 1.82) is 0 Å². The molecule has 1 aromatic carbocycles. The topological polar surface area (TPSA) is 111 Å². The van der Waals surface area contributed by atoms with Crippen LogP contribution >= 0.6 is 0 Å². The number of methoxy groups -OCH3 is 1. The summed E-state index contributed by atoms with van der Waals surface area (Å²) < 4.78 is 6.59. The highest BCUT2D eigenvalue weighted by Crippen LogP contribution is 2.22. The molecule has 1 heterocycles. The molecule has 1 unspecified atom stereocenters. The van der Waals surface area contributed by atoms with Crippen molar-refractivity contribution >= 4 is 23.7 Å². The number of imidazole rings is 1. The Labute approximate surface area is 169 Å². The van der Waals surface area contributed by atoms with Crippen LogP contribution in [0, 0.1) is 0 Å². The van der Waals surface area contributed by atoms with Gasteiger partial charge in [-0.05, 0) is 18.6 Å². The Morgan fingerprint density at radius 1 is 1.17 bits per heavy atom. The highest BCUT2D eigenvalue weighted by Gasteiger charge is 2.19. The van der Waals surface area contributed by atoms with Gasteiger partial charge >= 0.3 is 11.9 Å². The molecule has 1 aromatic heterocycles. The maximum atomic E-state index is 12.5. The minimum atomic E-state index is -1.17. The summed E-state index contributed by atoms with van der Waals surface area (Å²) in [7, 11) is 1.36. The van der Waals surface area contributed by atoms with Crippen LogP contribution in [0.25, 0.3) is 0 Å². The number of nitrogens with zero attached hydrogens (tertiary/aromatic N) is 2. The fraction of sp³-hybridized carbons (Fsp3) is 0.429. The molecule has 1 amide bonds. The average molecular weight is 401 g/mol. The summed E-state index contributed by atoms with van der Waals surface area (Å²) >= 11 is 0. The molecule has 156 valence electrons. The zero-order valence-corrected chi connectivity index (χ0v) is 16.8. The molecule has 0 aliphatic carbocycles. The lowest BCUT2D eigenvalue weighted by Gasteiger charge is -2.17. The minimum absolute atomic E-state index is 0.0558. The molecule has 0 saturated heterocycles. The van der Waals surface area contributed by atoms with Crippen molar-refractivity contribution < 1.29 is 24.2 Å². The molecule has 2 rings (SSSR count). The number of rotatable bonds is 11. The van der Waals surface area contributed by atoms with E-state index in [1.54, 1.807) is 29.2 Å². The number of carboxylic acids is 1. The number of carbonyl (C=O) groups excluding carboxylic acids is 2.